The van der Waals surface area contributed by atoms with Crippen LogP contribution in [0.5, 0.6) is 0 Å². The van der Waals surface area contributed by atoms with Gasteiger partial charge in [0.2, 0.25) is 10.0 Å². The van der Waals surface area contributed by atoms with Gasteiger partial charge in [-0.2, -0.15) is 0 Å². The summed E-state index contributed by atoms with van der Waals surface area (Å²) in [6, 6.07) is 8.48. The molecule has 2 aliphatic rings. The van der Waals surface area contributed by atoms with Crippen molar-refractivity contribution in [2.75, 3.05) is 32.0 Å². The zero-order valence-electron chi connectivity index (χ0n) is 14.4. The molecule has 2 N–H and O–H groups in total. The maximum absolute atomic E-state index is 11.7. The molecule has 1 aromatic heterocycles. The lowest BCUT2D eigenvalue weighted by atomic mass is 9.93. The van der Waals surface area contributed by atoms with Crippen LogP contribution < -0.4 is 4.72 Å². The van der Waals surface area contributed by atoms with Crippen molar-refractivity contribution in [1.29, 1.82) is 0 Å². The van der Waals surface area contributed by atoms with Gasteiger partial charge in [-0.3, -0.25) is 4.90 Å². The first-order chi connectivity index (χ1) is 12.1. The topological polar surface area (TPSA) is 74.4 Å². The van der Waals surface area contributed by atoms with Gasteiger partial charge >= 0.3 is 0 Å². The summed E-state index contributed by atoms with van der Waals surface area (Å²) in [5.74, 6) is 0.797. The van der Waals surface area contributed by atoms with Crippen LogP contribution in [0.15, 0.2) is 30.5 Å². The van der Waals surface area contributed by atoms with Gasteiger partial charge in [-0.05, 0) is 24.6 Å². The summed E-state index contributed by atoms with van der Waals surface area (Å²) in [4.78, 5) is 5.69. The second kappa shape index (κ2) is 6.72. The smallest absolute Gasteiger partial charge is 0.211 e. The quantitative estimate of drug-likeness (QED) is 0.817. The molecule has 3 heterocycles. The minimum atomic E-state index is -3.14. The van der Waals surface area contributed by atoms with Gasteiger partial charge in [0.1, 0.15) is 0 Å². The highest BCUT2D eigenvalue weighted by molar-refractivity contribution is 7.89. The first-order valence-electron chi connectivity index (χ1n) is 8.92. The molecule has 0 radical (unpaired) electrons. The van der Waals surface area contributed by atoms with E-state index in [1.165, 1.54) is 16.5 Å². The van der Waals surface area contributed by atoms with Crippen molar-refractivity contribution < 1.29 is 13.2 Å². The highest BCUT2D eigenvalue weighted by Crippen LogP contribution is 2.34. The van der Waals surface area contributed by atoms with Gasteiger partial charge in [0.05, 0.1) is 18.5 Å². The van der Waals surface area contributed by atoms with E-state index < -0.39 is 10.0 Å². The first-order valence-corrected chi connectivity index (χ1v) is 10.6. The molecule has 2 aromatic rings. The van der Waals surface area contributed by atoms with Crippen molar-refractivity contribution in [3.8, 4) is 0 Å². The van der Waals surface area contributed by atoms with Crippen LogP contribution in [0.2, 0.25) is 0 Å². The Labute approximate surface area is 148 Å². The molecule has 0 amide bonds. The predicted octanol–water partition coefficient (Wildman–Crippen LogP) is 1.55. The Morgan fingerprint density at radius 2 is 2.20 bits per heavy atom. The van der Waals surface area contributed by atoms with Crippen molar-refractivity contribution in [3.63, 3.8) is 0 Å². The van der Waals surface area contributed by atoms with E-state index in [1.807, 2.05) is 6.20 Å². The lowest BCUT2D eigenvalue weighted by Gasteiger charge is -2.20. The van der Waals surface area contributed by atoms with Gasteiger partial charge in [0, 0.05) is 55.1 Å². The highest BCUT2D eigenvalue weighted by Gasteiger charge is 2.43. The van der Waals surface area contributed by atoms with Crippen molar-refractivity contribution >= 4 is 20.9 Å². The third-order valence-electron chi connectivity index (χ3n) is 5.54. The molecule has 1 aromatic carbocycles. The van der Waals surface area contributed by atoms with Crippen molar-refractivity contribution in [2.24, 2.45) is 11.8 Å². The number of benzene rings is 1. The average molecular weight is 363 g/mol. The number of fused-ring (bicyclic) bond motifs is 2. The van der Waals surface area contributed by atoms with E-state index in [4.69, 9.17) is 4.74 Å². The standard InChI is InChI=1S/C18H25N3O3S/c1-2-25(22,23)20-8-14-12-24-18-11-21(10-16(14)18)9-13-4-3-5-17-15(13)6-7-19-17/h3-7,14,16,18-20H,2,8-12H2,1H3/t14-,16+,18+/m1/s1. The number of aromatic nitrogens is 1. The van der Waals surface area contributed by atoms with Crippen LogP contribution in [0.25, 0.3) is 10.9 Å². The molecule has 0 aliphatic carbocycles. The molecule has 0 saturated carbocycles. The summed E-state index contributed by atoms with van der Waals surface area (Å²) in [6.07, 6.45) is 2.20. The molecule has 4 rings (SSSR count). The van der Waals surface area contributed by atoms with Crippen LogP contribution in [0.3, 0.4) is 0 Å². The van der Waals surface area contributed by atoms with Gasteiger partial charge in [-0.15, -0.1) is 0 Å². The Kier molecular flexibility index (Phi) is 4.58. The summed E-state index contributed by atoms with van der Waals surface area (Å²) in [7, 11) is -3.14. The molecular weight excluding hydrogens is 338 g/mol. The first kappa shape index (κ1) is 17.0. The summed E-state index contributed by atoms with van der Waals surface area (Å²) >= 11 is 0. The number of hydrogen-bond acceptors (Lipinski definition) is 4. The lowest BCUT2D eigenvalue weighted by Crippen LogP contribution is -2.34. The maximum Gasteiger partial charge on any atom is 0.211 e. The minimum absolute atomic E-state index is 0.126. The Balaban J connectivity index is 1.40. The lowest BCUT2D eigenvalue weighted by molar-refractivity contribution is 0.0943. The Bertz CT molecular complexity index is 848. The van der Waals surface area contributed by atoms with E-state index in [1.54, 1.807) is 6.92 Å². The molecule has 7 heteroatoms. The largest absolute Gasteiger partial charge is 0.376 e. The van der Waals surface area contributed by atoms with Crippen LogP contribution in [0.4, 0.5) is 0 Å². The molecule has 2 aliphatic heterocycles. The molecule has 6 nitrogen and oxygen atoms in total. The normalized spacial score (nSPS) is 27.2. The Morgan fingerprint density at radius 1 is 1.32 bits per heavy atom. The summed E-state index contributed by atoms with van der Waals surface area (Å²) in [6.45, 7) is 5.59. The number of nitrogens with zero attached hydrogens (tertiary/aromatic N) is 1. The van der Waals surface area contributed by atoms with Crippen LogP contribution in [-0.4, -0.2) is 56.4 Å². The zero-order chi connectivity index (χ0) is 17.4. The van der Waals surface area contributed by atoms with Gasteiger partial charge < -0.3 is 9.72 Å². The average Bonchev–Trinajstić information content (AvgIpc) is 3.29. The number of rotatable bonds is 6. The number of H-pyrrole nitrogens is 1. The predicted molar refractivity (Wildman–Crippen MR) is 97.8 cm³/mol. The Morgan fingerprint density at radius 3 is 3.04 bits per heavy atom. The van der Waals surface area contributed by atoms with Crippen LogP contribution in [-0.2, 0) is 21.3 Å². The van der Waals surface area contributed by atoms with Crippen molar-refractivity contribution in [3.05, 3.63) is 36.0 Å². The third-order valence-corrected chi connectivity index (χ3v) is 6.91. The molecule has 0 spiro atoms. The molecule has 0 unspecified atom stereocenters. The number of hydrogen-bond donors (Lipinski definition) is 2. The van der Waals surface area contributed by atoms with Gasteiger partial charge in [-0.25, -0.2) is 13.1 Å². The second-order valence-electron chi connectivity index (χ2n) is 7.10. The second-order valence-corrected chi connectivity index (χ2v) is 9.19. The fourth-order valence-corrected chi connectivity index (χ4v) is 4.76. The van der Waals surface area contributed by atoms with Crippen LogP contribution in [0, 0.1) is 11.8 Å². The molecule has 2 saturated heterocycles. The van der Waals surface area contributed by atoms with E-state index in [-0.39, 0.29) is 17.8 Å². The van der Waals surface area contributed by atoms with Gasteiger partial charge in [0.25, 0.3) is 0 Å². The summed E-state index contributed by atoms with van der Waals surface area (Å²) < 4.78 is 32.0. The van der Waals surface area contributed by atoms with E-state index in [0.717, 1.165) is 19.6 Å². The van der Waals surface area contributed by atoms with E-state index in [2.05, 4.69) is 38.9 Å². The molecule has 2 fully saturated rings. The summed E-state index contributed by atoms with van der Waals surface area (Å²) in [5, 5.41) is 1.27. The third kappa shape index (κ3) is 3.46. The molecule has 25 heavy (non-hydrogen) atoms. The van der Waals surface area contributed by atoms with Crippen LogP contribution in [0.1, 0.15) is 12.5 Å². The van der Waals surface area contributed by atoms with Crippen LogP contribution >= 0.6 is 0 Å². The zero-order valence-corrected chi connectivity index (χ0v) is 15.3. The van der Waals surface area contributed by atoms with Gasteiger partial charge in [-0.1, -0.05) is 12.1 Å². The highest BCUT2D eigenvalue weighted by atomic mass is 32.2. The molecule has 3 atom stereocenters. The maximum atomic E-state index is 11.7. The monoisotopic (exact) mass is 363 g/mol. The number of likely N-dealkylation sites (tertiary alicyclic amines) is 1. The van der Waals surface area contributed by atoms with E-state index in [9.17, 15) is 8.42 Å². The summed E-state index contributed by atoms with van der Waals surface area (Å²) in [5.41, 5.74) is 2.49. The number of sulfonamides is 1. The number of nitrogens with one attached hydrogen (secondary N) is 2. The van der Waals surface area contributed by atoms with E-state index >= 15 is 0 Å². The fourth-order valence-electron chi connectivity index (χ4n) is 4.08. The minimum Gasteiger partial charge on any atom is -0.376 e. The number of ether oxygens (including phenoxy) is 1. The van der Waals surface area contributed by atoms with Crippen molar-refractivity contribution in [1.82, 2.24) is 14.6 Å². The van der Waals surface area contributed by atoms with Crippen molar-refractivity contribution in [2.45, 2.75) is 19.6 Å². The van der Waals surface area contributed by atoms with Gasteiger partial charge in [0.15, 0.2) is 0 Å². The Hall–Kier alpha value is -1.41. The molecule has 136 valence electrons. The SMILES string of the molecule is CCS(=O)(=O)NC[C@@H]1CO[C@H]2CN(Cc3cccc4[nH]ccc34)C[C@@H]12. The fraction of sp³-hybridized carbons (Fsp3) is 0.556. The van der Waals surface area contributed by atoms with E-state index in [0.29, 0.717) is 19.1 Å². The molecule has 0 bridgehead atoms. The molecular formula is C18H25N3O3S. The number of aromatic amines is 1.